The highest BCUT2D eigenvalue weighted by atomic mass is 14.3. The molecule has 0 fully saturated rings. The Hall–Kier alpha value is -5.20. The zero-order chi connectivity index (χ0) is 29.0. The fourth-order valence-electron chi connectivity index (χ4n) is 7.88. The molecule has 0 radical (unpaired) electrons. The van der Waals surface area contributed by atoms with Crippen molar-refractivity contribution in [3.63, 3.8) is 0 Å². The Morgan fingerprint density at radius 2 is 0.364 bits per heavy atom. The van der Waals surface area contributed by atoms with Crippen LogP contribution in [0.25, 0.3) is 44.5 Å². The normalized spacial score (nSPS) is 13.1. The molecule has 0 saturated heterocycles. The predicted octanol–water partition coefficient (Wildman–Crippen LogP) is 10.8. The van der Waals surface area contributed by atoms with Crippen LogP contribution in [0.4, 0.5) is 0 Å². The quantitative estimate of drug-likeness (QED) is 0.173. The van der Waals surface area contributed by atoms with E-state index in [9.17, 15) is 0 Å². The van der Waals surface area contributed by atoms with Crippen LogP contribution in [0.2, 0.25) is 0 Å². The summed E-state index contributed by atoms with van der Waals surface area (Å²) in [6.45, 7) is 0. The van der Waals surface area contributed by atoms with E-state index in [1.165, 1.54) is 89.0 Å². The first-order chi connectivity index (χ1) is 21.8. The molecule has 9 aliphatic rings. The summed E-state index contributed by atoms with van der Waals surface area (Å²) in [7, 11) is 0. The first-order valence-corrected chi connectivity index (χ1v) is 15.8. The van der Waals surface area contributed by atoms with E-state index in [0.717, 1.165) is 25.7 Å². The molecule has 0 nitrogen and oxygen atoms in total. The summed E-state index contributed by atoms with van der Waals surface area (Å²) in [4.78, 5) is 0. The Labute approximate surface area is 259 Å². The van der Waals surface area contributed by atoms with E-state index in [1.54, 1.807) is 0 Å². The number of fused-ring (bicyclic) bond motifs is 20. The summed E-state index contributed by atoms with van der Waals surface area (Å²) in [6, 6.07) is 54.7. The summed E-state index contributed by atoms with van der Waals surface area (Å²) >= 11 is 0. The second kappa shape index (κ2) is 10.2. The average Bonchev–Trinajstić information content (AvgIpc) is 3.41. The van der Waals surface area contributed by atoms with Crippen LogP contribution in [0.1, 0.15) is 44.5 Å². The summed E-state index contributed by atoms with van der Waals surface area (Å²) < 4.78 is 0. The average molecular weight is 561 g/mol. The van der Waals surface area contributed by atoms with Gasteiger partial charge in [-0.25, -0.2) is 0 Å². The SMILES string of the molecule is c1ccc2c3cc(c-2cc1)Cc1cc(c2cccccc1-2)Cc1cc(c2cccccc1-2)Cc1cc(c2cccccc1-2)C3. The fourth-order valence-corrected chi connectivity index (χ4v) is 7.88. The lowest BCUT2D eigenvalue weighted by molar-refractivity contribution is 1.18. The molecular weight excluding hydrogens is 528 g/mol. The Kier molecular flexibility index (Phi) is 5.87. The van der Waals surface area contributed by atoms with Crippen molar-refractivity contribution >= 4 is 0 Å². The van der Waals surface area contributed by atoms with Crippen molar-refractivity contribution in [1.82, 2.24) is 0 Å². The molecule has 8 bridgehead atoms. The smallest absolute Gasteiger partial charge is 0.00132 e. The first kappa shape index (κ1) is 25.3. The molecule has 0 saturated carbocycles. The minimum absolute atomic E-state index is 0.922. The Morgan fingerprint density at radius 3 is 0.523 bits per heavy atom. The van der Waals surface area contributed by atoms with Crippen molar-refractivity contribution in [1.29, 1.82) is 0 Å². The summed E-state index contributed by atoms with van der Waals surface area (Å²) in [5.41, 5.74) is 22.3. The molecule has 0 N–H and O–H groups in total. The van der Waals surface area contributed by atoms with Gasteiger partial charge in [-0.1, -0.05) is 146 Å². The lowest BCUT2D eigenvalue weighted by atomic mass is 9.98. The molecule has 0 heterocycles. The number of rotatable bonds is 0. The van der Waals surface area contributed by atoms with Gasteiger partial charge in [-0.2, -0.15) is 0 Å². The van der Waals surface area contributed by atoms with Crippen LogP contribution in [0.5, 0.6) is 0 Å². The highest BCUT2D eigenvalue weighted by Crippen LogP contribution is 2.44. The zero-order valence-corrected chi connectivity index (χ0v) is 24.7. The maximum Gasteiger partial charge on any atom is -0.00132 e. The van der Waals surface area contributed by atoms with Crippen LogP contribution >= 0.6 is 0 Å². The van der Waals surface area contributed by atoms with Gasteiger partial charge in [0.05, 0.1) is 0 Å². The van der Waals surface area contributed by atoms with Gasteiger partial charge in [-0.05, 0) is 115 Å². The molecule has 0 heteroatoms. The van der Waals surface area contributed by atoms with Crippen LogP contribution in [0, 0.1) is 0 Å². The molecule has 0 amide bonds. The van der Waals surface area contributed by atoms with E-state index in [-0.39, 0.29) is 0 Å². The van der Waals surface area contributed by atoms with Crippen molar-refractivity contribution in [3.05, 3.63) is 190 Å². The third-order valence-electron chi connectivity index (χ3n) is 9.84. The van der Waals surface area contributed by atoms with E-state index < -0.39 is 0 Å². The van der Waals surface area contributed by atoms with Gasteiger partial charge in [-0.15, -0.1) is 0 Å². The lowest BCUT2D eigenvalue weighted by Gasteiger charge is -2.05. The van der Waals surface area contributed by atoms with Crippen LogP contribution in [-0.4, -0.2) is 0 Å². The molecule has 0 unspecified atom stereocenters. The number of hydrogen-bond acceptors (Lipinski definition) is 0. The predicted molar refractivity (Wildman–Crippen MR) is 183 cm³/mol. The van der Waals surface area contributed by atoms with E-state index in [4.69, 9.17) is 0 Å². The Bertz CT molecular complexity index is 1730. The second-order valence-electron chi connectivity index (χ2n) is 12.4. The molecule has 0 atom stereocenters. The summed E-state index contributed by atoms with van der Waals surface area (Å²) in [5, 5.41) is 0. The van der Waals surface area contributed by atoms with Crippen LogP contribution < -0.4 is 0 Å². The van der Waals surface area contributed by atoms with Gasteiger partial charge < -0.3 is 0 Å². The number of hydrogen-bond donors (Lipinski definition) is 0. The van der Waals surface area contributed by atoms with E-state index in [2.05, 4.69) is 146 Å². The van der Waals surface area contributed by atoms with E-state index in [0.29, 0.717) is 0 Å². The third-order valence-corrected chi connectivity index (χ3v) is 9.84. The van der Waals surface area contributed by atoms with Gasteiger partial charge >= 0.3 is 0 Å². The Balaban J connectivity index is 1.32. The van der Waals surface area contributed by atoms with Crippen LogP contribution in [0.3, 0.4) is 0 Å². The molecule has 0 aromatic heterocycles. The highest BCUT2D eigenvalue weighted by molar-refractivity contribution is 5.83. The van der Waals surface area contributed by atoms with Gasteiger partial charge in [0.15, 0.2) is 0 Å². The maximum absolute atomic E-state index is 2.50. The van der Waals surface area contributed by atoms with Crippen LogP contribution in [0.15, 0.2) is 146 Å². The van der Waals surface area contributed by atoms with Crippen LogP contribution in [-0.2, 0) is 25.7 Å². The molecular formula is C44H32. The van der Waals surface area contributed by atoms with E-state index >= 15 is 0 Å². The zero-order valence-electron chi connectivity index (χ0n) is 24.7. The molecule has 44 heavy (non-hydrogen) atoms. The third kappa shape index (κ3) is 4.13. The largest absolute Gasteiger partial charge is 0.0622 e. The molecule has 0 aliphatic heterocycles. The minimum atomic E-state index is 0.922. The molecule has 9 rings (SSSR count). The van der Waals surface area contributed by atoms with Crippen molar-refractivity contribution in [2.24, 2.45) is 0 Å². The van der Waals surface area contributed by atoms with Gasteiger partial charge in [-0.3, -0.25) is 0 Å². The van der Waals surface area contributed by atoms with Crippen molar-refractivity contribution in [3.8, 4) is 44.5 Å². The highest BCUT2D eigenvalue weighted by Gasteiger charge is 2.25. The van der Waals surface area contributed by atoms with Gasteiger partial charge in [0.25, 0.3) is 0 Å². The molecule has 0 spiro atoms. The van der Waals surface area contributed by atoms with Crippen molar-refractivity contribution < 1.29 is 0 Å². The fraction of sp³-hybridized carbons (Fsp3) is 0.0909. The van der Waals surface area contributed by atoms with Crippen molar-refractivity contribution in [2.45, 2.75) is 25.7 Å². The summed E-state index contributed by atoms with van der Waals surface area (Å²) in [6.07, 6.45) is 3.69. The van der Waals surface area contributed by atoms with Gasteiger partial charge in [0.1, 0.15) is 0 Å². The molecule has 0 aromatic carbocycles. The topological polar surface area (TPSA) is 0 Å². The second-order valence-corrected chi connectivity index (χ2v) is 12.4. The molecule has 9 aliphatic carbocycles. The van der Waals surface area contributed by atoms with Gasteiger partial charge in [0.2, 0.25) is 0 Å². The van der Waals surface area contributed by atoms with Gasteiger partial charge in [0, 0.05) is 0 Å². The first-order valence-electron chi connectivity index (χ1n) is 15.8. The Morgan fingerprint density at radius 1 is 0.205 bits per heavy atom. The molecule has 0 aromatic rings. The minimum Gasteiger partial charge on any atom is -0.0622 e. The van der Waals surface area contributed by atoms with Crippen molar-refractivity contribution in [2.75, 3.05) is 0 Å². The lowest BCUT2D eigenvalue weighted by Crippen LogP contribution is -1.87. The molecule has 208 valence electrons. The standard InChI is InChI=1S/C44H32/c1-5-13-37-29-21-30(38(37)14-6-1)26-32-23-34(42-18-10-3-8-16-40(32)42)28-36-24-35(43-19-11-4-12-20-44(36)43)27-33-22-31(25-29)39-15-7-2-9-17-41(33)39/h1-24H,25-28H2. The summed E-state index contributed by atoms with van der Waals surface area (Å²) in [5.74, 6) is 0. The monoisotopic (exact) mass is 560 g/mol. The maximum atomic E-state index is 2.50. The van der Waals surface area contributed by atoms with E-state index in [1.807, 2.05) is 0 Å².